The molecule has 1 saturated carbocycles. The monoisotopic (exact) mass is 284 g/mol. The van der Waals surface area contributed by atoms with E-state index in [0.29, 0.717) is 12.0 Å². The lowest BCUT2D eigenvalue weighted by Gasteiger charge is -2.19. The predicted molar refractivity (Wildman–Crippen MR) is 68.5 cm³/mol. The van der Waals surface area contributed by atoms with E-state index in [1.807, 2.05) is 19.1 Å². The van der Waals surface area contributed by atoms with Crippen molar-refractivity contribution in [2.24, 2.45) is 5.92 Å². The molecule has 1 aromatic heterocycles. The van der Waals surface area contributed by atoms with Crippen molar-refractivity contribution in [2.45, 2.75) is 32.2 Å². The summed E-state index contributed by atoms with van der Waals surface area (Å²) in [5, 5.41) is 12.7. The molecule has 0 spiro atoms. The van der Waals surface area contributed by atoms with Gasteiger partial charge in [-0.25, -0.2) is 4.98 Å². The lowest BCUT2D eigenvalue weighted by molar-refractivity contribution is 0.222. The first-order chi connectivity index (χ1) is 7.70. The molecule has 2 unspecified atom stereocenters. The maximum atomic E-state index is 9.25. The Hall–Kier alpha value is -0.610. The molecule has 2 N–H and O–H groups in total. The first kappa shape index (κ1) is 11.9. The van der Waals surface area contributed by atoms with Gasteiger partial charge < -0.3 is 10.4 Å². The van der Waals surface area contributed by atoms with Gasteiger partial charge in [-0.2, -0.15) is 0 Å². The fourth-order valence-corrected chi connectivity index (χ4v) is 2.48. The SMILES string of the molecule is Cc1nc(NC2CCCC2CO)ccc1Br. The molecule has 1 aromatic rings. The largest absolute Gasteiger partial charge is 0.396 e. The van der Waals surface area contributed by atoms with Crippen LogP contribution < -0.4 is 5.32 Å². The van der Waals surface area contributed by atoms with Gasteiger partial charge in [0.15, 0.2) is 0 Å². The normalized spacial score (nSPS) is 24.7. The van der Waals surface area contributed by atoms with Crippen LogP contribution in [0.4, 0.5) is 5.82 Å². The maximum Gasteiger partial charge on any atom is 0.126 e. The van der Waals surface area contributed by atoms with E-state index >= 15 is 0 Å². The smallest absolute Gasteiger partial charge is 0.126 e. The van der Waals surface area contributed by atoms with E-state index in [-0.39, 0.29) is 6.61 Å². The van der Waals surface area contributed by atoms with Crippen LogP contribution in [-0.4, -0.2) is 22.7 Å². The molecule has 1 heterocycles. The third-order valence-corrected chi connectivity index (χ3v) is 4.09. The highest BCUT2D eigenvalue weighted by Gasteiger charge is 2.26. The number of aliphatic hydroxyl groups is 1. The van der Waals surface area contributed by atoms with E-state index in [4.69, 9.17) is 0 Å². The van der Waals surface area contributed by atoms with Crippen molar-refractivity contribution in [2.75, 3.05) is 11.9 Å². The number of pyridine rings is 1. The summed E-state index contributed by atoms with van der Waals surface area (Å²) in [7, 11) is 0. The molecule has 88 valence electrons. The molecular weight excluding hydrogens is 268 g/mol. The number of anilines is 1. The van der Waals surface area contributed by atoms with Gasteiger partial charge in [0, 0.05) is 23.0 Å². The zero-order valence-corrected chi connectivity index (χ0v) is 11.0. The molecule has 0 amide bonds. The molecule has 0 bridgehead atoms. The summed E-state index contributed by atoms with van der Waals surface area (Å²) in [6, 6.07) is 4.36. The number of hydrogen-bond donors (Lipinski definition) is 2. The Morgan fingerprint density at radius 3 is 3.00 bits per heavy atom. The minimum absolute atomic E-state index is 0.271. The Morgan fingerprint density at radius 1 is 1.50 bits per heavy atom. The summed E-state index contributed by atoms with van der Waals surface area (Å²) in [4.78, 5) is 4.47. The standard InChI is InChI=1S/C12H17BrN2O/c1-8-10(13)5-6-12(14-8)15-11-4-2-3-9(11)7-16/h5-6,9,11,16H,2-4,7H2,1H3,(H,14,15). The molecule has 0 radical (unpaired) electrons. The van der Waals surface area contributed by atoms with Crippen LogP contribution in [0.5, 0.6) is 0 Å². The number of nitrogens with zero attached hydrogens (tertiary/aromatic N) is 1. The number of rotatable bonds is 3. The Balaban J connectivity index is 2.05. The molecule has 1 aliphatic carbocycles. The number of aromatic nitrogens is 1. The summed E-state index contributed by atoms with van der Waals surface area (Å²) in [6.07, 6.45) is 3.43. The third kappa shape index (κ3) is 2.55. The molecule has 4 heteroatoms. The first-order valence-electron chi connectivity index (χ1n) is 5.71. The van der Waals surface area contributed by atoms with E-state index in [9.17, 15) is 5.11 Å². The van der Waals surface area contributed by atoms with Crippen molar-refractivity contribution in [3.8, 4) is 0 Å². The second-order valence-electron chi connectivity index (χ2n) is 4.39. The highest BCUT2D eigenvalue weighted by atomic mass is 79.9. The first-order valence-corrected chi connectivity index (χ1v) is 6.50. The Kier molecular flexibility index (Phi) is 3.82. The molecule has 1 fully saturated rings. The summed E-state index contributed by atoms with van der Waals surface area (Å²) in [5.41, 5.74) is 0.989. The van der Waals surface area contributed by atoms with Crippen molar-refractivity contribution < 1.29 is 5.11 Å². The highest BCUT2D eigenvalue weighted by Crippen LogP contribution is 2.28. The average molecular weight is 285 g/mol. The topological polar surface area (TPSA) is 45.2 Å². The van der Waals surface area contributed by atoms with Crippen molar-refractivity contribution in [3.05, 3.63) is 22.3 Å². The molecule has 3 nitrogen and oxygen atoms in total. The molecule has 0 aliphatic heterocycles. The minimum Gasteiger partial charge on any atom is -0.396 e. The summed E-state index contributed by atoms with van der Waals surface area (Å²) in [5.74, 6) is 1.29. The van der Waals surface area contributed by atoms with Crippen LogP contribution >= 0.6 is 15.9 Å². The van der Waals surface area contributed by atoms with Gasteiger partial charge in [-0.1, -0.05) is 6.42 Å². The quantitative estimate of drug-likeness (QED) is 0.897. The van der Waals surface area contributed by atoms with Crippen LogP contribution in [0, 0.1) is 12.8 Å². The van der Waals surface area contributed by atoms with Gasteiger partial charge >= 0.3 is 0 Å². The highest BCUT2D eigenvalue weighted by molar-refractivity contribution is 9.10. The van der Waals surface area contributed by atoms with Crippen LogP contribution in [0.25, 0.3) is 0 Å². The van der Waals surface area contributed by atoms with Crippen LogP contribution in [0.2, 0.25) is 0 Å². The number of hydrogen-bond acceptors (Lipinski definition) is 3. The van der Waals surface area contributed by atoms with Gasteiger partial charge in [-0.05, 0) is 47.8 Å². The molecule has 2 rings (SSSR count). The number of halogens is 1. The third-order valence-electron chi connectivity index (χ3n) is 3.25. The lowest BCUT2D eigenvalue weighted by Crippen LogP contribution is -2.26. The van der Waals surface area contributed by atoms with Gasteiger partial charge in [-0.3, -0.25) is 0 Å². The van der Waals surface area contributed by atoms with E-state index in [1.165, 1.54) is 6.42 Å². The van der Waals surface area contributed by atoms with Crippen molar-refractivity contribution in [3.63, 3.8) is 0 Å². The van der Waals surface area contributed by atoms with Crippen molar-refractivity contribution in [1.82, 2.24) is 4.98 Å². The Morgan fingerprint density at radius 2 is 2.31 bits per heavy atom. The number of nitrogens with one attached hydrogen (secondary N) is 1. The fraction of sp³-hybridized carbons (Fsp3) is 0.583. The van der Waals surface area contributed by atoms with E-state index in [2.05, 4.69) is 26.2 Å². The Bertz CT molecular complexity index is 370. The van der Waals surface area contributed by atoms with Gasteiger partial charge in [0.1, 0.15) is 5.82 Å². The van der Waals surface area contributed by atoms with Gasteiger partial charge in [0.25, 0.3) is 0 Å². The number of aryl methyl sites for hydroxylation is 1. The zero-order chi connectivity index (χ0) is 11.5. The van der Waals surface area contributed by atoms with E-state index in [1.54, 1.807) is 0 Å². The lowest BCUT2D eigenvalue weighted by atomic mass is 10.1. The average Bonchev–Trinajstić information content (AvgIpc) is 2.71. The van der Waals surface area contributed by atoms with Gasteiger partial charge in [0.05, 0.1) is 5.69 Å². The summed E-state index contributed by atoms with van der Waals surface area (Å²) in [6.45, 7) is 2.25. The maximum absolute atomic E-state index is 9.25. The molecule has 2 atom stereocenters. The second-order valence-corrected chi connectivity index (χ2v) is 5.24. The van der Waals surface area contributed by atoms with E-state index < -0.39 is 0 Å². The zero-order valence-electron chi connectivity index (χ0n) is 9.41. The molecular formula is C12H17BrN2O. The Labute approximate surface area is 104 Å². The predicted octanol–water partition coefficient (Wildman–Crippen LogP) is 2.73. The molecule has 0 aromatic carbocycles. The fourth-order valence-electron chi connectivity index (χ4n) is 2.26. The second kappa shape index (κ2) is 5.15. The van der Waals surface area contributed by atoms with Crippen LogP contribution in [0.1, 0.15) is 25.0 Å². The summed E-state index contributed by atoms with van der Waals surface area (Å²) < 4.78 is 1.03. The van der Waals surface area contributed by atoms with Gasteiger partial charge in [0.2, 0.25) is 0 Å². The molecule has 0 saturated heterocycles. The summed E-state index contributed by atoms with van der Waals surface area (Å²) >= 11 is 3.44. The molecule has 1 aliphatic rings. The van der Waals surface area contributed by atoms with E-state index in [0.717, 1.165) is 28.8 Å². The molecule has 16 heavy (non-hydrogen) atoms. The van der Waals surface area contributed by atoms with Crippen LogP contribution in [-0.2, 0) is 0 Å². The minimum atomic E-state index is 0.271. The van der Waals surface area contributed by atoms with Crippen LogP contribution in [0.3, 0.4) is 0 Å². The van der Waals surface area contributed by atoms with Gasteiger partial charge in [-0.15, -0.1) is 0 Å². The van der Waals surface area contributed by atoms with Crippen LogP contribution in [0.15, 0.2) is 16.6 Å². The number of aliphatic hydroxyl groups excluding tert-OH is 1. The van der Waals surface area contributed by atoms with Crippen molar-refractivity contribution >= 4 is 21.7 Å². The van der Waals surface area contributed by atoms with Crippen molar-refractivity contribution in [1.29, 1.82) is 0 Å².